The van der Waals surface area contributed by atoms with Crippen molar-refractivity contribution in [3.8, 4) is 0 Å². The number of esters is 1. The van der Waals surface area contributed by atoms with Crippen molar-refractivity contribution in [1.29, 1.82) is 0 Å². The highest BCUT2D eigenvalue weighted by Gasteiger charge is 2.60. The van der Waals surface area contributed by atoms with Crippen LogP contribution in [0.2, 0.25) is 0 Å². The largest absolute Gasteiger partial charge is 0.459 e. The zero-order chi connectivity index (χ0) is 12.2. The monoisotopic (exact) mass is 236 g/mol. The molecular formula is C15H24O2. The Kier molecular flexibility index (Phi) is 2.53. The fourth-order valence-corrected chi connectivity index (χ4v) is 4.85. The van der Waals surface area contributed by atoms with Crippen molar-refractivity contribution in [2.45, 2.75) is 58.5 Å². The van der Waals surface area contributed by atoms with Crippen molar-refractivity contribution in [2.24, 2.45) is 29.6 Å². The molecule has 0 aromatic carbocycles. The van der Waals surface area contributed by atoms with Gasteiger partial charge in [-0.3, -0.25) is 4.79 Å². The van der Waals surface area contributed by atoms with E-state index in [1.54, 1.807) is 0 Å². The summed E-state index contributed by atoms with van der Waals surface area (Å²) in [7, 11) is 0. The lowest BCUT2D eigenvalue weighted by Crippen LogP contribution is -2.43. The first-order valence-corrected chi connectivity index (χ1v) is 7.24. The standard InChI is InChI=1S/C15H24O2/c1-9(2)14(16)17-15(3)8-10-7-13(15)12-6-4-5-11(10)12/h9-13H,4-8H2,1-3H3. The van der Waals surface area contributed by atoms with Crippen molar-refractivity contribution < 1.29 is 9.53 Å². The van der Waals surface area contributed by atoms with Crippen LogP contribution in [0.25, 0.3) is 0 Å². The molecule has 0 aromatic rings. The molecule has 96 valence electrons. The second kappa shape index (κ2) is 3.73. The Hall–Kier alpha value is -0.530. The van der Waals surface area contributed by atoms with Gasteiger partial charge in [-0.1, -0.05) is 20.3 Å². The molecule has 0 N–H and O–H groups in total. The number of rotatable bonds is 2. The molecule has 5 atom stereocenters. The van der Waals surface area contributed by atoms with Crippen molar-refractivity contribution in [3.63, 3.8) is 0 Å². The molecule has 3 rings (SSSR count). The Morgan fingerprint density at radius 1 is 1.29 bits per heavy atom. The lowest BCUT2D eigenvalue weighted by Gasteiger charge is -2.40. The highest BCUT2D eigenvalue weighted by molar-refractivity contribution is 5.72. The maximum Gasteiger partial charge on any atom is 0.308 e. The summed E-state index contributed by atoms with van der Waals surface area (Å²) >= 11 is 0. The zero-order valence-electron chi connectivity index (χ0n) is 11.2. The van der Waals surface area contributed by atoms with E-state index in [4.69, 9.17) is 4.74 Å². The molecule has 3 saturated carbocycles. The summed E-state index contributed by atoms with van der Waals surface area (Å²) in [5.41, 5.74) is -0.141. The fraction of sp³-hybridized carbons (Fsp3) is 0.933. The Morgan fingerprint density at radius 3 is 2.71 bits per heavy atom. The number of fused-ring (bicyclic) bond motifs is 5. The maximum atomic E-state index is 11.9. The Balaban J connectivity index is 1.75. The lowest BCUT2D eigenvalue weighted by molar-refractivity contribution is -0.170. The van der Waals surface area contributed by atoms with Gasteiger partial charge in [-0.15, -0.1) is 0 Å². The van der Waals surface area contributed by atoms with E-state index in [2.05, 4.69) is 6.92 Å². The Bertz CT molecular complexity index is 336. The molecule has 17 heavy (non-hydrogen) atoms. The van der Waals surface area contributed by atoms with Crippen LogP contribution in [0.4, 0.5) is 0 Å². The van der Waals surface area contributed by atoms with Gasteiger partial charge < -0.3 is 4.74 Å². The molecule has 0 heterocycles. The molecule has 2 nitrogen and oxygen atoms in total. The number of carbonyl (C=O) groups is 1. The highest BCUT2D eigenvalue weighted by Crippen LogP contribution is 2.63. The van der Waals surface area contributed by atoms with E-state index >= 15 is 0 Å². The molecule has 0 aromatic heterocycles. The minimum absolute atomic E-state index is 0.00493. The summed E-state index contributed by atoms with van der Waals surface area (Å²) in [6.45, 7) is 6.04. The van der Waals surface area contributed by atoms with Crippen LogP contribution in [-0.4, -0.2) is 11.6 Å². The quantitative estimate of drug-likeness (QED) is 0.687. The van der Waals surface area contributed by atoms with Crippen LogP contribution in [0.1, 0.15) is 52.9 Å². The van der Waals surface area contributed by atoms with Crippen molar-refractivity contribution in [2.75, 3.05) is 0 Å². The summed E-state index contributed by atoms with van der Waals surface area (Å²) < 4.78 is 5.86. The van der Waals surface area contributed by atoms with Crippen LogP contribution in [0.15, 0.2) is 0 Å². The predicted molar refractivity (Wildman–Crippen MR) is 66.4 cm³/mol. The first kappa shape index (κ1) is 11.6. The Morgan fingerprint density at radius 2 is 2.00 bits per heavy atom. The third kappa shape index (κ3) is 1.63. The molecule has 3 fully saturated rings. The minimum atomic E-state index is -0.141. The Labute approximate surface area is 104 Å². The van der Waals surface area contributed by atoms with Crippen LogP contribution < -0.4 is 0 Å². The van der Waals surface area contributed by atoms with Crippen LogP contribution in [-0.2, 0) is 9.53 Å². The van der Waals surface area contributed by atoms with Gasteiger partial charge in [0.05, 0.1) is 5.92 Å². The molecule has 0 amide bonds. The second-order valence-electron chi connectivity index (χ2n) is 6.95. The van der Waals surface area contributed by atoms with Gasteiger partial charge in [-0.2, -0.15) is 0 Å². The van der Waals surface area contributed by atoms with E-state index < -0.39 is 0 Å². The fourth-order valence-electron chi connectivity index (χ4n) is 4.85. The number of hydrogen-bond donors (Lipinski definition) is 0. The summed E-state index contributed by atoms with van der Waals surface area (Å²) in [6, 6.07) is 0. The molecule has 3 aliphatic carbocycles. The summed E-state index contributed by atoms with van der Waals surface area (Å²) in [5.74, 6) is 3.32. The third-order valence-corrected chi connectivity index (χ3v) is 5.56. The first-order chi connectivity index (χ1) is 8.01. The number of ether oxygens (including phenoxy) is 1. The van der Waals surface area contributed by atoms with E-state index in [-0.39, 0.29) is 17.5 Å². The summed E-state index contributed by atoms with van der Waals surface area (Å²) in [4.78, 5) is 11.9. The van der Waals surface area contributed by atoms with Gasteiger partial charge in [-0.05, 0) is 50.4 Å². The van der Waals surface area contributed by atoms with E-state index in [9.17, 15) is 4.79 Å². The number of carbonyl (C=O) groups excluding carboxylic acids is 1. The summed E-state index contributed by atoms with van der Waals surface area (Å²) in [6.07, 6.45) is 6.64. The molecular weight excluding hydrogens is 212 g/mol. The predicted octanol–water partition coefficient (Wildman–Crippen LogP) is 3.40. The van der Waals surface area contributed by atoms with Crippen molar-refractivity contribution in [1.82, 2.24) is 0 Å². The molecule has 0 aliphatic heterocycles. The molecule has 0 saturated heterocycles. The van der Waals surface area contributed by atoms with Gasteiger partial charge in [-0.25, -0.2) is 0 Å². The average Bonchev–Trinajstić information content (AvgIpc) is 2.86. The van der Waals surface area contributed by atoms with Crippen LogP contribution in [0.5, 0.6) is 0 Å². The van der Waals surface area contributed by atoms with E-state index in [1.807, 2.05) is 13.8 Å². The smallest absolute Gasteiger partial charge is 0.308 e. The summed E-state index contributed by atoms with van der Waals surface area (Å²) in [5, 5.41) is 0. The molecule has 0 spiro atoms. The SMILES string of the molecule is CC(C)C(=O)OC1(C)CC2CC1C1CCCC21. The van der Waals surface area contributed by atoms with Gasteiger partial charge in [0.1, 0.15) is 5.60 Å². The normalized spacial score (nSPS) is 47.5. The lowest BCUT2D eigenvalue weighted by atomic mass is 9.73. The molecule has 0 radical (unpaired) electrons. The van der Waals surface area contributed by atoms with Crippen molar-refractivity contribution in [3.05, 3.63) is 0 Å². The second-order valence-corrected chi connectivity index (χ2v) is 6.95. The zero-order valence-corrected chi connectivity index (χ0v) is 11.2. The first-order valence-electron chi connectivity index (χ1n) is 7.24. The van der Waals surface area contributed by atoms with Crippen LogP contribution >= 0.6 is 0 Å². The highest BCUT2D eigenvalue weighted by atomic mass is 16.6. The molecule has 5 unspecified atom stereocenters. The van der Waals surface area contributed by atoms with E-state index in [1.165, 1.54) is 25.7 Å². The van der Waals surface area contributed by atoms with E-state index in [0.717, 1.165) is 24.2 Å². The van der Waals surface area contributed by atoms with E-state index in [0.29, 0.717) is 5.92 Å². The maximum absolute atomic E-state index is 11.9. The molecule has 2 bridgehead atoms. The third-order valence-electron chi connectivity index (χ3n) is 5.56. The van der Waals surface area contributed by atoms with Gasteiger partial charge >= 0.3 is 5.97 Å². The van der Waals surface area contributed by atoms with Gasteiger partial charge in [0.15, 0.2) is 0 Å². The van der Waals surface area contributed by atoms with Gasteiger partial charge in [0.2, 0.25) is 0 Å². The van der Waals surface area contributed by atoms with Crippen molar-refractivity contribution >= 4 is 5.97 Å². The van der Waals surface area contributed by atoms with Crippen LogP contribution in [0, 0.1) is 29.6 Å². The molecule has 2 heteroatoms. The number of hydrogen-bond acceptors (Lipinski definition) is 2. The van der Waals surface area contributed by atoms with Crippen LogP contribution in [0.3, 0.4) is 0 Å². The van der Waals surface area contributed by atoms with Gasteiger partial charge in [0, 0.05) is 5.92 Å². The molecule has 3 aliphatic rings. The average molecular weight is 236 g/mol. The van der Waals surface area contributed by atoms with Gasteiger partial charge in [0.25, 0.3) is 0 Å². The minimum Gasteiger partial charge on any atom is -0.459 e. The topological polar surface area (TPSA) is 26.3 Å².